The van der Waals surface area contributed by atoms with E-state index < -0.39 is 0 Å². The Morgan fingerprint density at radius 3 is 2.41 bits per heavy atom. The molecule has 3 rings (SSSR count). The van der Waals surface area contributed by atoms with Crippen LogP contribution in [0.4, 0.5) is 0 Å². The molecule has 0 saturated heterocycles. The fourth-order valence-electron chi connectivity index (χ4n) is 1.80. The third-order valence-corrected chi connectivity index (χ3v) is 5.17. The number of halogens is 3. The van der Waals surface area contributed by atoms with Gasteiger partial charge in [-0.2, -0.15) is 0 Å². The zero-order valence-electron chi connectivity index (χ0n) is 8.42. The Balaban J connectivity index is 2.65. The van der Waals surface area contributed by atoms with Crippen LogP contribution in [0.15, 0.2) is 44.0 Å². The van der Waals surface area contributed by atoms with Gasteiger partial charge in [0.25, 0.3) is 0 Å². The average molecular weight is 417 g/mol. The second kappa shape index (κ2) is 4.30. The molecular formula is C12H5Br3N2. The standard InChI is InChI=1S/C12H5Br3N2/c13-6-4-8-10(15)9(14)7-2-1-3-16-11(7)12(8)17-5-6/h1-5H. The first kappa shape index (κ1) is 11.6. The van der Waals surface area contributed by atoms with Gasteiger partial charge in [0.15, 0.2) is 0 Å². The second-order valence-electron chi connectivity index (χ2n) is 3.58. The van der Waals surface area contributed by atoms with E-state index in [9.17, 15) is 0 Å². The normalized spacial score (nSPS) is 11.2. The minimum atomic E-state index is 0.902. The molecule has 0 N–H and O–H groups in total. The van der Waals surface area contributed by atoms with Crippen LogP contribution in [-0.4, -0.2) is 9.97 Å². The van der Waals surface area contributed by atoms with Gasteiger partial charge in [0.2, 0.25) is 0 Å². The summed E-state index contributed by atoms with van der Waals surface area (Å²) < 4.78 is 2.96. The minimum absolute atomic E-state index is 0.902. The van der Waals surface area contributed by atoms with Gasteiger partial charge in [-0.15, -0.1) is 0 Å². The fourth-order valence-corrected chi connectivity index (χ4v) is 3.18. The molecule has 0 aliphatic heterocycles. The van der Waals surface area contributed by atoms with Crippen molar-refractivity contribution in [2.45, 2.75) is 0 Å². The van der Waals surface area contributed by atoms with Crippen LogP contribution in [-0.2, 0) is 0 Å². The molecular weight excluding hydrogens is 412 g/mol. The maximum Gasteiger partial charge on any atom is 0.0977 e. The van der Waals surface area contributed by atoms with Gasteiger partial charge < -0.3 is 0 Å². The van der Waals surface area contributed by atoms with E-state index in [2.05, 4.69) is 57.8 Å². The molecule has 2 heterocycles. The molecule has 17 heavy (non-hydrogen) atoms. The van der Waals surface area contributed by atoms with Crippen molar-refractivity contribution in [3.05, 3.63) is 44.0 Å². The highest BCUT2D eigenvalue weighted by Crippen LogP contribution is 2.38. The molecule has 2 nitrogen and oxygen atoms in total. The lowest BCUT2D eigenvalue weighted by molar-refractivity contribution is 1.36. The van der Waals surface area contributed by atoms with Crippen molar-refractivity contribution in [2.75, 3.05) is 0 Å². The van der Waals surface area contributed by atoms with Gasteiger partial charge in [0, 0.05) is 36.6 Å². The minimum Gasteiger partial charge on any atom is -0.254 e. The lowest BCUT2D eigenvalue weighted by atomic mass is 10.1. The van der Waals surface area contributed by atoms with Crippen LogP contribution in [0.25, 0.3) is 21.8 Å². The van der Waals surface area contributed by atoms with Crippen LogP contribution in [0.5, 0.6) is 0 Å². The van der Waals surface area contributed by atoms with E-state index in [4.69, 9.17) is 0 Å². The Hall–Kier alpha value is -0.520. The van der Waals surface area contributed by atoms with Gasteiger partial charge in [-0.25, -0.2) is 0 Å². The lowest BCUT2D eigenvalue weighted by Crippen LogP contribution is -1.88. The number of nitrogens with zero attached hydrogens (tertiary/aromatic N) is 2. The van der Waals surface area contributed by atoms with E-state index in [0.717, 1.165) is 35.2 Å². The third kappa shape index (κ3) is 1.80. The molecule has 2 aromatic heterocycles. The zero-order valence-corrected chi connectivity index (χ0v) is 13.2. The third-order valence-electron chi connectivity index (χ3n) is 2.55. The highest BCUT2D eigenvalue weighted by Gasteiger charge is 2.12. The first-order valence-corrected chi connectivity index (χ1v) is 7.23. The molecule has 0 fully saturated rings. The first-order valence-electron chi connectivity index (χ1n) is 4.85. The predicted molar refractivity (Wildman–Crippen MR) is 80.1 cm³/mol. The summed E-state index contributed by atoms with van der Waals surface area (Å²) in [5.74, 6) is 0. The lowest BCUT2D eigenvalue weighted by Gasteiger charge is -2.08. The molecule has 0 amide bonds. The van der Waals surface area contributed by atoms with E-state index in [1.54, 1.807) is 12.4 Å². The molecule has 5 heteroatoms. The maximum atomic E-state index is 4.45. The summed E-state index contributed by atoms with van der Waals surface area (Å²) in [6.45, 7) is 0. The monoisotopic (exact) mass is 414 g/mol. The topological polar surface area (TPSA) is 25.8 Å². The fraction of sp³-hybridized carbons (Fsp3) is 0. The van der Waals surface area contributed by atoms with E-state index >= 15 is 0 Å². The molecule has 0 unspecified atom stereocenters. The van der Waals surface area contributed by atoms with E-state index in [1.165, 1.54) is 0 Å². The molecule has 0 aliphatic rings. The van der Waals surface area contributed by atoms with Crippen molar-refractivity contribution in [1.29, 1.82) is 0 Å². The SMILES string of the molecule is Brc1cnc2c(c1)c(Br)c(Br)c1cccnc12. The molecule has 0 spiro atoms. The van der Waals surface area contributed by atoms with Gasteiger partial charge in [0.05, 0.1) is 11.0 Å². The largest absolute Gasteiger partial charge is 0.254 e. The number of rotatable bonds is 0. The summed E-state index contributed by atoms with van der Waals surface area (Å²) in [4.78, 5) is 8.86. The molecule has 0 radical (unpaired) electrons. The Labute approximate surface area is 123 Å². The highest BCUT2D eigenvalue weighted by atomic mass is 79.9. The summed E-state index contributed by atoms with van der Waals surface area (Å²) >= 11 is 10.6. The molecule has 84 valence electrons. The van der Waals surface area contributed by atoms with Crippen molar-refractivity contribution in [3.8, 4) is 0 Å². The van der Waals surface area contributed by atoms with Crippen LogP contribution in [0.2, 0.25) is 0 Å². The Morgan fingerprint density at radius 2 is 1.59 bits per heavy atom. The Kier molecular flexibility index (Phi) is 2.92. The van der Waals surface area contributed by atoms with Crippen LogP contribution >= 0.6 is 47.8 Å². The summed E-state index contributed by atoms with van der Waals surface area (Å²) in [6, 6.07) is 5.98. The van der Waals surface area contributed by atoms with Crippen molar-refractivity contribution in [2.24, 2.45) is 0 Å². The van der Waals surface area contributed by atoms with Crippen LogP contribution in [0.3, 0.4) is 0 Å². The molecule has 0 aliphatic carbocycles. The van der Waals surface area contributed by atoms with Gasteiger partial charge >= 0.3 is 0 Å². The van der Waals surface area contributed by atoms with Crippen molar-refractivity contribution in [3.63, 3.8) is 0 Å². The molecule has 0 saturated carbocycles. The second-order valence-corrected chi connectivity index (χ2v) is 6.08. The Morgan fingerprint density at radius 1 is 0.882 bits per heavy atom. The van der Waals surface area contributed by atoms with Crippen molar-refractivity contribution < 1.29 is 0 Å². The predicted octanol–water partition coefficient (Wildman–Crippen LogP) is 5.07. The average Bonchev–Trinajstić information content (AvgIpc) is 2.36. The summed E-state index contributed by atoms with van der Waals surface area (Å²) in [5, 5.41) is 2.10. The number of fused-ring (bicyclic) bond motifs is 3. The summed E-state index contributed by atoms with van der Waals surface area (Å²) in [5.41, 5.74) is 1.81. The van der Waals surface area contributed by atoms with Gasteiger partial charge in [-0.1, -0.05) is 6.07 Å². The number of hydrogen-bond donors (Lipinski definition) is 0. The van der Waals surface area contributed by atoms with Crippen LogP contribution < -0.4 is 0 Å². The number of pyridine rings is 2. The summed E-state index contributed by atoms with van der Waals surface area (Å²) in [7, 11) is 0. The molecule has 1 aromatic carbocycles. The molecule has 0 bridgehead atoms. The van der Waals surface area contributed by atoms with Gasteiger partial charge in [-0.3, -0.25) is 9.97 Å². The smallest absolute Gasteiger partial charge is 0.0977 e. The van der Waals surface area contributed by atoms with Crippen molar-refractivity contribution in [1.82, 2.24) is 9.97 Å². The van der Waals surface area contributed by atoms with Crippen LogP contribution in [0.1, 0.15) is 0 Å². The number of benzene rings is 1. The van der Waals surface area contributed by atoms with E-state index in [1.807, 2.05) is 18.2 Å². The van der Waals surface area contributed by atoms with Crippen molar-refractivity contribution >= 4 is 69.6 Å². The van der Waals surface area contributed by atoms with Gasteiger partial charge in [0.1, 0.15) is 0 Å². The van der Waals surface area contributed by atoms with E-state index in [-0.39, 0.29) is 0 Å². The molecule has 3 aromatic rings. The number of aromatic nitrogens is 2. The Bertz CT molecular complexity index is 740. The number of hydrogen-bond acceptors (Lipinski definition) is 2. The maximum absolute atomic E-state index is 4.45. The molecule has 0 atom stereocenters. The zero-order chi connectivity index (χ0) is 12.0. The van der Waals surface area contributed by atoms with Gasteiger partial charge in [-0.05, 0) is 59.9 Å². The quantitative estimate of drug-likeness (QED) is 0.478. The summed E-state index contributed by atoms with van der Waals surface area (Å²) in [6.07, 6.45) is 3.57. The van der Waals surface area contributed by atoms with E-state index in [0.29, 0.717) is 0 Å². The highest BCUT2D eigenvalue weighted by molar-refractivity contribution is 9.13. The van der Waals surface area contributed by atoms with Crippen LogP contribution in [0, 0.1) is 0 Å². The first-order chi connectivity index (χ1) is 8.18.